The Labute approximate surface area is 212 Å². The van der Waals surface area contributed by atoms with Crippen molar-refractivity contribution in [3.05, 3.63) is 24.0 Å². The highest BCUT2D eigenvalue weighted by Gasteiger charge is 2.37. The Balaban J connectivity index is 1.68. The van der Waals surface area contributed by atoms with Crippen LogP contribution in [0.1, 0.15) is 20.8 Å². The zero-order chi connectivity index (χ0) is 27.3. The van der Waals surface area contributed by atoms with E-state index in [1.54, 1.807) is 4.90 Å². The van der Waals surface area contributed by atoms with Gasteiger partial charge in [0.05, 0.1) is 37.6 Å². The molecule has 2 aliphatic rings. The molecule has 0 bridgehead atoms. The van der Waals surface area contributed by atoms with E-state index in [2.05, 4.69) is 10.2 Å². The van der Waals surface area contributed by atoms with Crippen LogP contribution >= 0.6 is 0 Å². The molecule has 3 rings (SSSR count). The minimum Gasteiger partial charge on any atom is -0.459 e. The van der Waals surface area contributed by atoms with Gasteiger partial charge in [-0.1, -0.05) is 0 Å². The molecule has 37 heavy (non-hydrogen) atoms. The van der Waals surface area contributed by atoms with Crippen molar-refractivity contribution in [3.8, 4) is 0 Å². The quantitative estimate of drug-likeness (QED) is 0.396. The third kappa shape index (κ3) is 6.39. The largest absolute Gasteiger partial charge is 0.459 e. The third-order valence-corrected chi connectivity index (χ3v) is 5.74. The van der Waals surface area contributed by atoms with Crippen LogP contribution in [0.5, 0.6) is 0 Å². The lowest BCUT2D eigenvalue weighted by Gasteiger charge is -2.24. The monoisotopic (exact) mass is 521 g/mol. The smallest absolute Gasteiger partial charge is 0.414 e. The van der Waals surface area contributed by atoms with Gasteiger partial charge in [0.1, 0.15) is 11.9 Å². The van der Waals surface area contributed by atoms with E-state index in [1.165, 1.54) is 31.0 Å². The highest BCUT2D eigenvalue weighted by Crippen LogP contribution is 2.28. The normalized spacial score (nSPS) is 17.7. The van der Waals surface area contributed by atoms with Gasteiger partial charge in [-0.2, -0.15) is 0 Å². The SMILES string of the molecule is CCOC(=O)C(=O)N(C[C@H]1CN(c2ccc(N3CCNN(C(=O)C(C)=O)CC3)c(F)c2)C(=O)O1)C(C)=O. The van der Waals surface area contributed by atoms with Crippen LogP contribution in [0.4, 0.5) is 20.6 Å². The molecular weight excluding hydrogens is 493 g/mol. The first-order chi connectivity index (χ1) is 17.5. The minimum absolute atomic E-state index is 0.0488. The molecule has 4 amide bonds. The number of cyclic esters (lactones) is 1. The second-order valence-electron chi connectivity index (χ2n) is 8.32. The summed E-state index contributed by atoms with van der Waals surface area (Å²) in [6.45, 7) is 4.37. The van der Waals surface area contributed by atoms with Gasteiger partial charge in [-0.3, -0.25) is 34.0 Å². The Hall–Kier alpha value is -4.07. The summed E-state index contributed by atoms with van der Waals surface area (Å²) in [6, 6.07) is 4.16. The third-order valence-electron chi connectivity index (χ3n) is 5.74. The molecule has 1 aromatic rings. The molecule has 1 aromatic carbocycles. The van der Waals surface area contributed by atoms with E-state index in [4.69, 9.17) is 4.74 Å². The lowest BCUT2D eigenvalue weighted by Crippen LogP contribution is -2.46. The fourth-order valence-electron chi connectivity index (χ4n) is 3.94. The molecule has 2 heterocycles. The van der Waals surface area contributed by atoms with E-state index in [-0.39, 0.29) is 44.2 Å². The molecule has 1 N–H and O–H groups in total. The fourth-order valence-corrected chi connectivity index (χ4v) is 3.94. The zero-order valence-corrected chi connectivity index (χ0v) is 20.7. The van der Waals surface area contributed by atoms with Crippen LogP contribution < -0.4 is 15.2 Å². The second kappa shape index (κ2) is 11.8. The molecule has 0 unspecified atom stereocenters. The number of hydrazine groups is 1. The number of benzene rings is 1. The molecule has 2 aliphatic heterocycles. The standard InChI is InChI=1S/C23H28FN5O8/c1-4-36-22(34)21(33)27(15(3)31)12-17-13-28(23(35)37-17)16-5-6-19(18(24)11-16)26-8-7-25-29(10-9-26)20(32)14(2)30/h5-6,11,17,25H,4,7-10,12-13H2,1-3H3/t17-/m0/s1. The molecule has 0 aromatic heterocycles. The Morgan fingerprint density at radius 1 is 1.16 bits per heavy atom. The Morgan fingerprint density at radius 3 is 2.51 bits per heavy atom. The number of Topliss-reactive ketones (excluding diaryl/α,β-unsaturated/α-hetero) is 1. The predicted octanol–water partition coefficient (Wildman–Crippen LogP) is -0.169. The van der Waals surface area contributed by atoms with Crippen molar-refractivity contribution in [2.45, 2.75) is 26.9 Å². The first kappa shape index (κ1) is 27.5. The van der Waals surface area contributed by atoms with Crippen LogP contribution in [-0.4, -0.2) is 97.5 Å². The van der Waals surface area contributed by atoms with E-state index < -0.39 is 47.5 Å². The summed E-state index contributed by atoms with van der Waals surface area (Å²) >= 11 is 0. The van der Waals surface area contributed by atoms with Gasteiger partial charge in [0.15, 0.2) is 0 Å². The van der Waals surface area contributed by atoms with Crippen LogP contribution in [0.2, 0.25) is 0 Å². The summed E-state index contributed by atoms with van der Waals surface area (Å²) in [5, 5.41) is 1.20. The average molecular weight is 522 g/mol. The first-order valence-corrected chi connectivity index (χ1v) is 11.6. The van der Waals surface area contributed by atoms with Crippen LogP contribution in [-0.2, 0) is 33.4 Å². The van der Waals surface area contributed by atoms with Gasteiger partial charge >= 0.3 is 23.9 Å². The lowest BCUT2D eigenvalue weighted by molar-refractivity contribution is -0.163. The van der Waals surface area contributed by atoms with Crippen molar-refractivity contribution in [3.63, 3.8) is 0 Å². The van der Waals surface area contributed by atoms with Gasteiger partial charge in [-0.15, -0.1) is 0 Å². The number of hydrogen-bond acceptors (Lipinski definition) is 10. The van der Waals surface area contributed by atoms with Gasteiger partial charge in [-0.05, 0) is 25.1 Å². The number of carbonyl (C=O) groups excluding carboxylic acids is 6. The lowest BCUT2D eigenvalue weighted by atomic mass is 10.2. The number of nitrogens with one attached hydrogen (secondary N) is 1. The summed E-state index contributed by atoms with van der Waals surface area (Å²) in [7, 11) is 0. The Kier molecular flexibility index (Phi) is 8.76. The number of hydrogen-bond donors (Lipinski definition) is 1. The number of ketones is 1. The minimum atomic E-state index is -1.20. The van der Waals surface area contributed by atoms with Gasteiger partial charge < -0.3 is 14.4 Å². The summed E-state index contributed by atoms with van der Waals surface area (Å²) in [6.07, 6.45) is -1.75. The number of imide groups is 1. The first-order valence-electron chi connectivity index (χ1n) is 11.6. The molecule has 2 saturated heterocycles. The summed E-state index contributed by atoms with van der Waals surface area (Å²) in [4.78, 5) is 75.1. The summed E-state index contributed by atoms with van der Waals surface area (Å²) in [5.41, 5.74) is 3.28. The van der Waals surface area contributed by atoms with Gasteiger partial charge in [-0.25, -0.2) is 19.4 Å². The maximum Gasteiger partial charge on any atom is 0.414 e. The van der Waals surface area contributed by atoms with Crippen molar-refractivity contribution in [1.29, 1.82) is 0 Å². The van der Waals surface area contributed by atoms with Gasteiger partial charge in [0.25, 0.3) is 0 Å². The van der Waals surface area contributed by atoms with Gasteiger partial charge in [0.2, 0.25) is 11.7 Å². The van der Waals surface area contributed by atoms with Crippen molar-refractivity contribution in [2.75, 3.05) is 55.7 Å². The Morgan fingerprint density at radius 2 is 1.89 bits per heavy atom. The second-order valence-corrected chi connectivity index (χ2v) is 8.32. The number of ether oxygens (including phenoxy) is 2. The number of anilines is 2. The van der Waals surface area contributed by atoms with E-state index in [1.807, 2.05) is 0 Å². The number of esters is 1. The van der Waals surface area contributed by atoms with Crippen LogP contribution in [0.15, 0.2) is 18.2 Å². The summed E-state index contributed by atoms with van der Waals surface area (Å²) in [5.74, 6) is -5.00. The van der Waals surface area contributed by atoms with Crippen molar-refractivity contribution in [2.24, 2.45) is 0 Å². The number of rotatable bonds is 6. The number of halogens is 1. The number of nitrogens with zero attached hydrogens (tertiary/aromatic N) is 4. The van der Waals surface area contributed by atoms with Crippen molar-refractivity contribution < 1.29 is 42.6 Å². The average Bonchev–Trinajstić information content (AvgIpc) is 3.05. The molecule has 1 atom stereocenters. The molecule has 14 heteroatoms. The molecular formula is C23H28FN5O8. The van der Waals surface area contributed by atoms with Gasteiger partial charge in [0, 0.05) is 33.5 Å². The van der Waals surface area contributed by atoms with E-state index in [0.717, 1.165) is 17.9 Å². The van der Waals surface area contributed by atoms with Crippen LogP contribution in [0, 0.1) is 5.82 Å². The molecule has 0 radical (unpaired) electrons. The highest BCUT2D eigenvalue weighted by atomic mass is 19.1. The maximum absolute atomic E-state index is 15.1. The maximum atomic E-state index is 15.1. The summed E-state index contributed by atoms with van der Waals surface area (Å²) < 4.78 is 25.0. The Bertz CT molecular complexity index is 1110. The van der Waals surface area contributed by atoms with Crippen molar-refractivity contribution in [1.82, 2.24) is 15.3 Å². The molecule has 2 fully saturated rings. The molecule has 0 saturated carbocycles. The van der Waals surface area contributed by atoms with Crippen LogP contribution in [0.3, 0.4) is 0 Å². The predicted molar refractivity (Wildman–Crippen MR) is 126 cm³/mol. The molecule has 0 spiro atoms. The van der Waals surface area contributed by atoms with E-state index >= 15 is 4.39 Å². The molecule has 13 nitrogen and oxygen atoms in total. The molecule has 0 aliphatic carbocycles. The number of amides is 4. The fraction of sp³-hybridized carbons (Fsp3) is 0.478. The topological polar surface area (TPSA) is 146 Å². The van der Waals surface area contributed by atoms with Crippen molar-refractivity contribution >= 4 is 46.9 Å². The highest BCUT2D eigenvalue weighted by molar-refractivity contribution is 6.35. The van der Waals surface area contributed by atoms with E-state index in [0.29, 0.717) is 18.0 Å². The van der Waals surface area contributed by atoms with E-state index in [9.17, 15) is 28.8 Å². The molecule has 200 valence electrons. The zero-order valence-electron chi connectivity index (χ0n) is 20.7. The van der Waals surface area contributed by atoms with Crippen LogP contribution in [0.25, 0.3) is 0 Å². The number of carbonyl (C=O) groups is 6.